The zero-order chi connectivity index (χ0) is 13.4. The van der Waals surface area contributed by atoms with Crippen molar-refractivity contribution in [1.29, 1.82) is 0 Å². The number of aromatic nitrogens is 2. The average molecular weight is 371 g/mol. The summed E-state index contributed by atoms with van der Waals surface area (Å²) in [6.45, 7) is 6.46. The first-order chi connectivity index (χ1) is 7.52. The Labute approximate surface area is 116 Å². The van der Waals surface area contributed by atoms with E-state index in [9.17, 15) is 8.42 Å². The van der Waals surface area contributed by atoms with Crippen molar-refractivity contribution in [2.45, 2.75) is 32.7 Å². The van der Waals surface area contributed by atoms with Gasteiger partial charge >= 0.3 is 0 Å². The quantitative estimate of drug-likeness (QED) is 0.816. The fraction of sp³-hybridized carbons (Fsp3) is 0.700. The van der Waals surface area contributed by atoms with Crippen molar-refractivity contribution in [2.24, 2.45) is 0 Å². The fourth-order valence-electron chi connectivity index (χ4n) is 1.36. The van der Waals surface area contributed by atoms with Crippen molar-refractivity contribution in [2.75, 3.05) is 17.7 Å². The van der Waals surface area contributed by atoms with Gasteiger partial charge in [-0.25, -0.2) is 13.1 Å². The van der Waals surface area contributed by atoms with Crippen LogP contribution in [0.4, 0.5) is 5.82 Å². The maximum absolute atomic E-state index is 11.1. The second-order valence-electron chi connectivity index (χ2n) is 5.15. The van der Waals surface area contributed by atoms with Gasteiger partial charge in [-0.2, -0.15) is 5.10 Å². The molecule has 0 aliphatic rings. The Bertz CT molecular complexity index is 514. The second-order valence-corrected chi connectivity index (χ2v) is 8.49. The molecular formula is C10H18IN3O2S. The molecule has 0 radical (unpaired) electrons. The Morgan fingerprint density at radius 3 is 2.29 bits per heavy atom. The van der Waals surface area contributed by atoms with E-state index in [0.717, 1.165) is 9.26 Å². The molecule has 0 fully saturated rings. The molecule has 1 heterocycles. The number of hydrogen-bond donors (Lipinski definition) is 1. The molecule has 0 aliphatic carbocycles. The Kier molecular flexibility index (Phi) is 4.12. The van der Waals surface area contributed by atoms with Crippen LogP contribution in [0.15, 0.2) is 0 Å². The molecule has 0 spiro atoms. The van der Waals surface area contributed by atoms with Crippen molar-refractivity contribution < 1.29 is 8.42 Å². The summed E-state index contributed by atoms with van der Waals surface area (Å²) in [5.41, 5.74) is 6.74. The van der Waals surface area contributed by atoms with E-state index in [2.05, 4.69) is 48.5 Å². The van der Waals surface area contributed by atoms with Crippen LogP contribution in [0.2, 0.25) is 0 Å². The van der Waals surface area contributed by atoms with Gasteiger partial charge in [0, 0.05) is 11.7 Å². The minimum Gasteiger partial charge on any atom is -0.383 e. The van der Waals surface area contributed by atoms with Crippen LogP contribution in [0.1, 0.15) is 26.5 Å². The van der Waals surface area contributed by atoms with Gasteiger partial charge in [0.15, 0.2) is 0 Å². The van der Waals surface area contributed by atoms with Gasteiger partial charge in [0.25, 0.3) is 0 Å². The number of sulfone groups is 1. The second kappa shape index (κ2) is 4.75. The van der Waals surface area contributed by atoms with Gasteiger partial charge in [0.05, 0.1) is 21.6 Å². The van der Waals surface area contributed by atoms with Gasteiger partial charge in [-0.05, 0) is 22.6 Å². The Morgan fingerprint density at radius 1 is 1.41 bits per heavy atom. The van der Waals surface area contributed by atoms with Gasteiger partial charge in [-0.1, -0.05) is 20.8 Å². The van der Waals surface area contributed by atoms with Gasteiger partial charge in [0.1, 0.15) is 15.7 Å². The highest BCUT2D eigenvalue weighted by Gasteiger charge is 2.24. The van der Waals surface area contributed by atoms with Crippen LogP contribution in [0, 0.1) is 3.57 Å². The number of aryl methyl sites for hydroxylation is 1. The average Bonchev–Trinajstić information content (AvgIpc) is 2.39. The molecule has 0 bridgehead atoms. The summed E-state index contributed by atoms with van der Waals surface area (Å²) < 4.78 is 24.7. The highest BCUT2D eigenvalue weighted by atomic mass is 127. The van der Waals surface area contributed by atoms with Gasteiger partial charge in [-0.3, -0.25) is 0 Å². The van der Waals surface area contributed by atoms with E-state index in [-0.39, 0.29) is 11.2 Å². The summed E-state index contributed by atoms with van der Waals surface area (Å²) in [4.78, 5) is 0. The summed E-state index contributed by atoms with van der Waals surface area (Å²) in [5, 5.41) is 4.40. The number of nitrogens with two attached hydrogens (primary N) is 1. The molecular weight excluding hydrogens is 353 g/mol. The maximum Gasteiger partial charge on any atom is 0.149 e. The first kappa shape index (κ1) is 14.7. The highest BCUT2D eigenvalue weighted by Crippen LogP contribution is 2.29. The lowest BCUT2D eigenvalue weighted by molar-refractivity contribution is 0.538. The topological polar surface area (TPSA) is 78.0 Å². The van der Waals surface area contributed by atoms with Crippen molar-refractivity contribution >= 4 is 38.2 Å². The van der Waals surface area contributed by atoms with Gasteiger partial charge in [0.2, 0.25) is 0 Å². The number of halogens is 1. The van der Waals surface area contributed by atoms with Crippen molar-refractivity contribution in [3.05, 3.63) is 9.26 Å². The minimum atomic E-state index is -3.00. The highest BCUT2D eigenvalue weighted by molar-refractivity contribution is 14.1. The van der Waals surface area contributed by atoms with Crippen LogP contribution in [-0.4, -0.2) is 30.2 Å². The van der Waals surface area contributed by atoms with Crippen LogP contribution in [-0.2, 0) is 21.8 Å². The predicted molar refractivity (Wildman–Crippen MR) is 77.8 cm³/mol. The molecule has 98 valence electrons. The number of hydrogen-bond acceptors (Lipinski definition) is 4. The Morgan fingerprint density at radius 2 is 1.94 bits per heavy atom. The largest absolute Gasteiger partial charge is 0.383 e. The molecule has 5 nitrogen and oxygen atoms in total. The molecule has 0 aromatic carbocycles. The van der Waals surface area contributed by atoms with Crippen molar-refractivity contribution in [3.63, 3.8) is 0 Å². The molecule has 0 unspecified atom stereocenters. The molecule has 17 heavy (non-hydrogen) atoms. The number of nitrogens with zero attached hydrogens (tertiary/aromatic N) is 2. The zero-order valence-corrected chi connectivity index (χ0v) is 13.5. The first-order valence-corrected chi connectivity index (χ1v) is 8.36. The molecule has 0 atom stereocenters. The third kappa shape index (κ3) is 3.84. The molecule has 0 saturated carbocycles. The normalized spacial score (nSPS) is 13.0. The third-order valence-electron chi connectivity index (χ3n) is 2.32. The monoisotopic (exact) mass is 371 g/mol. The summed E-state index contributed by atoms with van der Waals surface area (Å²) in [6, 6.07) is 0. The van der Waals surface area contributed by atoms with Crippen LogP contribution < -0.4 is 5.73 Å². The summed E-state index contributed by atoms with van der Waals surface area (Å²) in [5.74, 6) is 0.595. The summed E-state index contributed by atoms with van der Waals surface area (Å²) >= 11 is 2.15. The van der Waals surface area contributed by atoms with E-state index in [0.29, 0.717) is 12.4 Å². The number of anilines is 1. The molecule has 2 N–H and O–H groups in total. The van der Waals surface area contributed by atoms with E-state index in [4.69, 9.17) is 5.73 Å². The lowest BCUT2D eigenvalue weighted by atomic mass is 9.92. The van der Waals surface area contributed by atoms with Crippen molar-refractivity contribution in [1.82, 2.24) is 9.78 Å². The molecule has 1 rings (SSSR count). The lowest BCUT2D eigenvalue weighted by Gasteiger charge is -2.15. The van der Waals surface area contributed by atoms with Gasteiger partial charge in [-0.15, -0.1) is 0 Å². The third-order valence-corrected chi connectivity index (χ3v) is 4.30. The van der Waals surface area contributed by atoms with E-state index in [1.807, 2.05) is 0 Å². The standard InChI is InChI=1S/C10H18IN3O2S/c1-10(2,3)8-7(11)9(12)14(13-8)5-6-17(4,15)16/h5-6,12H2,1-4H3. The minimum absolute atomic E-state index is 0.0541. The molecule has 0 aliphatic heterocycles. The van der Waals surface area contributed by atoms with Crippen LogP contribution in [0.3, 0.4) is 0 Å². The van der Waals surface area contributed by atoms with Gasteiger partial charge < -0.3 is 5.73 Å². The smallest absolute Gasteiger partial charge is 0.149 e. The fourth-order valence-corrected chi connectivity index (χ4v) is 3.06. The van der Waals surface area contributed by atoms with Crippen molar-refractivity contribution in [3.8, 4) is 0 Å². The maximum atomic E-state index is 11.1. The number of rotatable bonds is 3. The predicted octanol–water partition coefficient (Wildman–Crippen LogP) is 1.41. The molecule has 7 heteroatoms. The molecule has 0 amide bonds. The Hall–Kier alpha value is -0.310. The van der Waals surface area contributed by atoms with E-state index in [1.165, 1.54) is 6.26 Å². The van der Waals surface area contributed by atoms with Crippen LogP contribution >= 0.6 is 22.6 Å². The molecule has 0 saturated heterocycles. The lowest BCUT2D eigenvalue weighted by Crippen LogP contribution is -2.16. The van der Waals surface area contributed by atoms with E-state index in [1.54, 1.807) is 4.68 Å². The van der Waals surface area contributed by atoms with E-state index >= 15 is 0 Å². The summed E-state index contributed by atoms with van der Waals surface area (Å²) in [7, 11) is -3.00. The molecule has 1 aromatic heterocycles. The zero-order valence-electron chi connectivity index (χ0n) is 10.5. The first-order valence-electron chi connectivity index (χ1n) is 5.22. The Balaban J connectivity index is 3.04. The van der Waals surface area contributed by atoms with Crippen LogP contribution in [0.25, 0.3) is 0 Å². The SMILES string of the molecule is CC(C)(C)c1nn(CCS(C)(=O)=O)c(N)c1I. The van der Waals surface area contributed by atoms with E-state index < -0.39 is 9.84 Å². The number of nitrogen functional groups attached to an aromatic ring is 1. The van der Waals surface area contributed by atoms with Crippen LogP contribution in [0.5, 0.6) is 0 Å². The molecule has 1 aromatic rings. The summed E-state index contributed by atoms with van der Waals surface area (Å²) in [6.07, 6.45) is 1.21.